The first-order valence-corrected chi connectivity index (χ1v) is 4.97. The molecule has 2 nitrogen and oxygen atoms in total. The molecule has 0 heterocycles. The third-order valence-electron chi connectivity index (χ3n) is 2.26. The van der Waals surface area contributed by atoms with Gasteiger partial charge in [-0.1, -0.05) is 26.7 Å². The predicted molar refractivity (Wildman–Crippen MR) is 52.6 cm³/mol. The minimum absolute atomic E-state index is 0.329. The molecular formula is C9H18ClNO. The van der Waals surface area contributed by atoms with Crippen LogP contribution in [0.3, 0.4) is 0 Å². The van der Waals surface area contributed by atoms with Crippen LogP contribution in [-0.4, -0.2) is 23.4 Å². The highest BCUT2D eigenvalue weighted by Gasteiger charge is 2.12. The molecule has 0 fully saturated rings. The lowest BCUT2D eigenvalue weighted by Crippen LogP contribution is -2.31. The minimum Gasteiger partial charge on any atom is -0.329 e. The molecule has 0 radical (unpaired) electrons. The van der Waals surface area contributed by atoms with Gasteiger partial charge in [-0.25, -0.2) is 0 Å². The third-order valence-corrected chi connectivity index (χ3v) is 2.50. The molecule has 0 rings (SSSR count). The second-order valence-electron chi connectivity index (χ2n) is 2.97. The molecule has 0 N–H and O–H groups in total. The van der Waals surface area contributed by atoms with Crippen molar-refractivity contribution >= 4 is 17.0 Å². The van der Waals surface area contributed by atoms with E-state index in [0.29, 0.717) is 12.5 Å². The summed E-state index contributed by atoms with van der Waals surface area (Å²) in [6, 6.07) is 0. The van der Waals surface area contributed by atoms with Crippen molar-refractivity contribution in [2.24, 2.45) is 5.92 Å². The van der Waals surface area contributed by atoms with Gasteiger partial charge in [-0.15, -0.1) is 0 Å². The lowest BCUT2D eigenvalue weighted by atomic mass is 10.0. The highest BCUT2D eigenvalue weighted by atomic mass is 35.5. The lowest BCUT2D eigenvalue weighted by Gasteiger charge is -2.22. The molecule has 1 amide bonds. The molecule has 0 aromatic heterocycles. The van der Waals surface area contributed by atoms with Crippen LogP contribution in [0.15, 0.2) is 0 Å². The Morgan fingerprint density at radius 1 is 1.33 bits per heavy atom. The fourth-order valence-corrected chi connectivity index (χ4v) is 1.37. The monoisotopic (exact) mass is 191 g/mol. The van der Waals surface area contributed by atoms with Crippen LogP contribution in [0, 0.1) is 5.92 Å². The van der Waals surface area contributed by atoms with Crippen molar-refractivity contribution < 1.29 is 4.79 Å². The SMILES string of the molecule is CCC(CC)CN(CC)C(=O)Cl. The normalized spacial score (nSPS) is 10.4. The topological polar surface area (TPSA) is 20.3 Å². The number of carbonyl (C=O) groups excluding carboxylic acids is 1. The van der Waals surface area contributed by atoms with Gasteiger partial charge in [0.15, 0.2) is 0 Å². The van der Waals surface area contributed by atoms with Gasteiger partial charge in [0.1, 0.15) is 0 Å². The first-order valence-electron chi connectivity index (χ1n) is 4.60. The first kappa shape index (κ1) is 11.8. The van der Waals surface area contributed by atoms with Crippen molar-refractivity contribution in [2.45, 2.75) is 33.6 Å². The molecule has 0 aliphatic heterocycles. The van der Waals surface area contributed by atoms with E-state index in [1.807, 2.05) is 6.92 Å². The number of rotatable bonds is 5. The van der Waals surface area contributed by atoms with Gasteiger partial charge in [-0.05, 0) is 24.4 Å². The Bertz CT molecular complexity index is 134. The van der Waals surface area contributed by atoms with Gasteiger partial charge in [0, 0.05) is 13.1 Å². The van der Waals surface area contributed by atoms with Crippen molar-refractivity contribution in [3.05, 3.63) is 0 Å². The van der Waals surface area contributed by atoms with E-state index in [1.165, 1.54) is 0 Å². The van der Waals surface area contributed by atoms with Crippen molar-refractivity contribution in [3.8, 4) is 0 Å². The summed E-state index contributed by atoms with van der Waals surface area (Å²) in [4.78, 5) is 12.5. The average Bonchev–Trinajstić information content (AvgIpc) is 2.06. The van der Waals surface area contributed by atoms with Crippen LogP contribution in [0.4, 0.5) is 4.79 Å². The van der Waals surface area contributed by atoms with E-state index >= 15 is 0 Å². The maximum atomic E-state index is 10.8. The molecule has 0 aromatic carbocycles. The average molecular weight is 192 g/mol. The van der Waals surface area contributed by atoms with E-state index in [2.05, 4.69) is 13.8 Å². The Morgan fingerprint density at radius 2 is 1.83 bits per heavy atom. The first-order chi connectivity index (χ1) is 5.65. The van der Waals surface area contributed by atoms with E-state index < -0.39 is 0 Å². The van der Waals surface area contributed by atoms with E-state index in [1.54, 1.807) is 4.90 Å². The van der Waals surface area contributed by atoms with Crippen LogP contribution in [0.1, 0.15) is 33.6 Å². The van der Waals surface area contributed by atoms with Crippen LogP contribution < -0.4 is 0 Å². The summed E-state index contributed by atoms with van der Waals surface area (Å²) < 4.78 is 0. The van der Waals surface area contributed by atoms with Crippen LogP contribution in [0.5, 0.6) is 0 Å². The number of hydrogen-bond acceptors (Lipinski definition) is 1. The fraction of sp³-hybridized carbons (Fsp3) is 0.889. The van der Waals surface area contributed by atoms with Gasteiger partial charge in [0.25, 0.3) is 0 Å². The maximum Gasteiger partial charge on any atom is 0.316 e. The molecule has 0 saturated heterocycles. The summed E-state index contributed by atoms with van der Waals surface area (Å²) in [5.74, 6) is 0.590. The summed E-state index contributed by atoms with van der Waals surface area (Å²) in [6.07, 6.45) is 2.22. The van der Waals surface area contributed by atoms with E-state index in [4.69, 9.17) is 11.6 Å². The molecule has 3 heteroatoms. The Labute approximate surface area is 79.9 Å². The summed E-state index contributed by atoms with van der Waals surface area (Å²) >= 11 is 5.39. The molecule has 0 aliphatic rings. The Morgan fingerprint density at radius 3 is 2.08 bits per heavy atom. The van der Waals surface area contributed by atoms with Gasteiger partial charge in [-0.3, -0.25) is 4.79 Å². The highest BCUT2D eigenvalue weighted by molar-refractivity contribution is 6.62. The van der Waals surface area contributed by atoms with Crippen molar-refractivity contribution in [3.63, 3.8) is 0 Å². The van der Waals surface area contributed by atoms with Crippen LogP contribution in [0.2, 0.25) is 0 Å². The Hall–Kier alpha value is -0.240. The van der Waals surface area contributed by atoms with Gasteiger partial charge < -0.3 is 4.90 Å². The molecule has 0 unspecified atom stereocenters. The summed E-state index contributed by atoms with van der Waals surface area (Å²) in [5.41, 5.74) is 0. The standard InChI is InChI=1S/C9H18ClNO/c1-4-8(5-2)7-11(6-3)9(10)12/h8H,4-7H2,1-3H3. The van der Waals surface area contributed by atoms with Crippen molar-refractivity contribution in [1.82, 2.24) is 4.90 Å². The zero-order chi connectivity index (χ0) is 9.56. The van der Waals surface area contributed by atoms with E-state index in [9.17, 15) is 4.79 Å². The quantitative estimate of drug-likeness (QED) is 0.483. The molecule has 0 aliphatic carbocycles. The summed E-state index contributed by atoms with van der Waals surface area (Å²) in [6.45, 7) is 7.73. The van der Waals surface area contributed by atoms with Crippen LogP contribution in [-0.2, 0) is 0 Å². The highest BCUT2D eigenvalue weighted by Crippen LogP contribution is 2.10. The van der Waals surface area contributed by atoms with Crippen LogP contribution in [0.25, 0.3) is 0 Å². The molecule has 0 bridgehead atoms. The second-order valence-corrected chi connectivity index (χ2v) is 3.30. The van der Waals surface area contributed by atoms with Gasteiger partial charge in [-0.2, -0.15) is 0 Å². The molecule has 12 heavy (non-hydrogen) atoms. The molecule has 72 valence electrons. The number of carbonyl (C=O) groups is 1. The van der Waals surface area contributed by atoms with E-state index in [-0.39, 0.29) is 5.37 Å². The largest absolute Gasteiger partial charge is 0.329 e. The Kier molecular flexibility index (Phi) is 6.17. The smallest absolute Gasteiger partial charge is 0.316 e. The minimum atomic E-state index is -0.329. The van der Waals surface area contributed by atoms with E-state index in [0.717, 1.165) is 19.4 Å². The van der Waals surface area contributed by atoms with Gasteiger partial charge in [0.05, 0.1) is 0 Å². The zero-order valence-corrected chi connectivity index (χ0v) is 8.90. The van der Waals surface area contributed by atoms with Crippen molar-refractivity contribution in [2.75, 3.05) is 13.1 Å². The lowest BCUT2D eigenvalue weighted by molar-refractivity contribution is 0.212. The maximum absolute atomic E-state index is 10.8. The third kappa shape index (κ3) is 3.96. The molecule has 0 atom stereocenters. The number of halogens is 1. The zero-order valence-electron chi connectivity index (χ0n) is 8.14. The molecule has 0 saturated carbocycles. The fourth-order valence-electron chi connectivity index (χ4n) is 1.18. The number of nitrogens with zero attached hydrogens (tertiary/aromatic N) is 1. The van der Waals surface area contributed by atoms with Gasteiger partial charge >= 0.3 is 5.37 Å². The predicted octanol–water partition coefficient (Wildman–Crippen LogP) is 3.10. The molecule has 0 aromatic rings. The molecule has 0 spiro atoms. The number of amides is 1. The van der Waals surface area contributed by atoms with Crippen molar-refractivity contribution in [1.29, 1.82) is 0 Å². The van der Waals surface area contributed by atoms with Crippen LogP contribution >= 0.6 is 11.6 Å². The van der Waals surface area contributed by atoms with Gasteiger partial charge in [0.2, 0.25) is 0 Å². The summed E-state index contributed by atoms with van der Waals surface area (Å²) in [7, 11) is 0. The Balaban J connectivity index is 3.91. The molecular weight excluding hydrogens is 174 g/mol. The number of hydrogen-bond donors (Lipinski definition) is 0. The second kappa shape index (κ2) is 6.30. The summed E-state index contributed by atoms with van der Waals surface area (Å²) in [5, 5.41) is -0.329.